The molecule has 12 heteroatoms. The van der Waals surface area contributed by atoms with Gasteiger partial charge in [0.15, 0.2) is 0 Å². The fourth-order valence-electron chi connectivity index (χ4n) is 1.99. The number of nitrogens with two attached hydrogens (primary N) is 2. The van der Waals surface area contributed by atoms with Gasteiger partial charge >= 0.3 is 18.0 Å². The number of rotatable bonds is 11. The summed E-state index contributed by atoms with van der Waals surface area (Å²) >= 11 is 0. The number of hydrogen-bond donors (Lipinski definition) is 5. The third kappa shape index (κ3) is 7.61. The van der Waals surface area contributed by atoms with Gasteiger partial charge < -0.3 is 36.6 Å². The van der Waals surface area contributed by atoms with E-state index in [2.05, 4.69) is 15.3 Å². The van der Waals surface area contributed by atoms with E-state index in [1.54, 1.807) is 11.0 Å². The number of nitrogens with one attached hydrogen (secondary N) is 1. The molecule has 1 heterocycles. The Bertz CT molecular complexity index is 628. The van der Waals surface area contributed by atoms with E-state index in [0.717, 1.165) is 0 Å². The highest BCUT2D eigenvalue weighted by Gasteiger charge is 2.21. The lowest BCUT2D eigenvalue weighted by atomic mass is 10.1. The Labute approximate surface area is 149 Å². The molecule has 144 valence electrons. The van der Waals surface area contributed by atoms with Crippen LogP contribution in [0.5, 0.6) is 0 Å². The first-order valence-corrected chi connectivity index (χ1v) is 7.75. The lowest BCUT2D eigenvalue weighted by Gasteiger charge is -2.23. The zero-order chi connectivity index (χ0) is 19.5. The van der Waals surface area contributed by atoms with Crippen molar-refractivity contribution in [2.24, 2.45) is 5.73 Å². The van der Waals surface area contributed by atoms with Gasteiger partial charge in [0.05, 0.1) is 6.54 Å². The van der Waals surface area contributed by atoms with Gasteiger partial charge in [-0.15, -0.1) is 0 Å². The molecular formula is C14H22N6O6. The summed E-state index contributed by atoms with van der Waals surface area (Å²) in [5.41, 5.74) is 11.1. The molecule has 1 aromatic heterocycles. The fraction of sp³-hybridized carbons (Fsp3) is 0.500. The Morgan fingerprint density at radius 3 is 2.62 bits per heavy atom. The lowest BCUT2D eigenvalue weighted by Crippen LogP contribution is -2.42. The van der Waals surface area contributed by atoms with Crippen LogP contribution in [0.3, 0.4) is 0 Å². The number of carboxylic acid groups (broad SMARTS) is 2. The summed E-state index contributed by atoms with van der Waals surface area (Å²) in [6, 6.07) is 0.277. The molecule has 1 atom stereocenters. The predicted octanol–water partition coefficient (Wildman–Crippen LogP) is -1.13. The zero-order valence-electron chi connectivity index (χ0n) is 14.0. The highest BCUT2D eigenvalue weighted by atomic mass is 16.5. The first kappa shape index (κ1) is 20.9. The summed E-state index contributed by atoms with van der Waals surface area (Å²) in [7, 11) is 0. The van der Waals surface area contributed by atoms with E-state index in [1.807, 2.05) is 0 Å². The van der Waals surface area contributed by atoms with Crippen LogP contribution in [-0.4, -0.2) is 70.5 Å². The highest BCUT2D eigenvalue weighted by Crippen LogP contribution is 2.10. The van der Waals surface area contributed by atoms with Crippen LogP contribution in [-0.2, 0) is 14.3 Å². The smallest absolute Gasteiger partial charge is 0.407 e. The molecule has 0 aliphatic rings. The van der Waals surface area contributed by atoms with Crippen molar-refractivity contribution < 1.29 is 29.3 Å². The fourth-order valence-corrected chi connectivity index (χ4v) is 1.99. The number of hydrogen-bond acceptors (Lipinski definition) is 9. The van der Waals surface area contributed by atoms with Gasteiger partial charge in [-0.05, 0) is 12.5 Å². The summed E-state index contributed by atoms with van der Waals surface area (Å²) in [5, 5.41) is 19.7. The van der Waals surface area contributed by atoms with Crippen LogP contribution in [0.15, 0.2) is 12.3 Å². The van der Waals surface area contributed by atoms with Crippen LogP contribution in [0.2, 0.25) is 0 Å². The minimum absolute atomic E-state index is 0.0684. The van der Waals surface area contributed by atoms with Crippen molar-refractivity contribution in [2.45, 2.75) is 18.9 Å². The molecule has 7 N–H and O–H groups in total. The van der Waals surface area contributed by atoms with Crippen LogP contribution in [0, 0.1) is 0 Å². The van der Waals surface area contributed by atoms with E-state index in [0.29, 0.717) is 18.9 Å². The maximum Gasteiger partial charge on any atom is 0.407 e. The number of anilines is 2. The molecule has 1 amide bonds. The Hall–Kier alpha value is -3.15. The van der Waals surface area contributed by atoms with E-state index in [4.69, 9.17) is 26.4 Å². The van der Waals surface area contributed by atoms with Crippen LogP contribution < -0.4 is 21.7 Å². The quantitative estimate of drug-likeness (QED) is 0.316. The number of aromatic nitrogens is 2. The molecule has 26 heavy (non-hydrogen) atoms. The molecule has 0 aliphatic carbocycles. The molecule has 0 radical (unpaired) electrons. The predicted molar refractivity (Wildman–Crippen MR) is 90.5 cm³/mol. The number of ether oxygens (including phenoxy) is 1. The number of nitrogens with zero attached hydrogens (tertiary/aromatic N) is 3. The first-order valence-electron chi connectivity index (χ1n) is 7.75. The minimum Gasteiger partial charge on any atom is -0.481 e. The standard InChI is InChI=1S/C14H22N6O6/c15-4-6-20(10-3-5-17-13(16)19-10)7-8-26-14(25)18-9(12(23)24)1-2-11(21)22/h3,5,9H,1-2,4,6-8,15H2,(H,18,25)(H,21,22)(H,23,24)(H2,16,17,19)/t9-/m0/s1. The maximum atomic E-state index is 11.7. The van der Waals surface area contributed by atoms with E-state index in [9.17, 15) is 14.4 Å². The van der Waals surface area contributed by atoms with E-state index >= 15 is 0 Å². The molecule has 0 saturated heterocycles. The highest BCUT2D eigenvalue weighted by molar-refractivity contribution is 5.80. The van der Waals surface area contributed by atoms with Gasteiger partial charge in [0.1, 0.15) is 18.5 Å². The normalized spacial score (nSPS) is 11.4. The third-order valence-corrected chi connectivity index (χ3v) is 3.21. The van der Waals surface area contributed by atoms with Crippen molar-refractivity contribution in [2.75, 3.05) is 36.9 Å². The second-order valence-electron chi connectivity index (χ2n) is 5.15. The monoisotopic (exact) mass is 370 g/mol. The molecular weight excluding hydrogens is 348 g/mol. The number of aliphatic carboxylic acids is 2. The van der Waals surface area contributed by atoms with Gasteiger partial charge in [-0.2, -0.15) is 4.98 Å². The Kier molecular flexibility index (Phi) is 8.57. The van der Waals surface area contributed by atoms with E-state index in [1.165, 1.54) is 6.20 Å². The topological polar surface area (TPSA) is 194 Å². The molecule has 1 aromatic rings. The minimum atomic E-state index is -1.35. The molecule has 0 aliphatic heterocycles. The van der Waals surface area contributed by atoms with Crippen LogP contribution in [0.1, 0.15) is 12.8 Å². The first-order chi connectivity index (χ1) is 12.3. The van der Waals surface area contributed by atoms with Gasteiger partial charge in [0.2, 0.25) is 5.95 Å². The summed E-state index contributed by atoms with van der Waals surface area (Å²) in [5.74, 6) is -1.90. The van der Waals surface area contributed by atoms with Crippen molar-refractivity contribution in [1.82, 2.24) is 15.3 Å². The largest absolute Gasteiger partial charge is 0.481 e. The second kappa shape index (κ2) is 10.7. The van der Waals surface area contributed by atoms with Gasteiger partial charge in [-0.3, -0.25) is 4.79 Å². The van der Waals surface area contributed by atoms with Crippen molar-refractivity contribution in [3.05, 3.63) is 12.3 Å². The van der Waals surface area contributed by atoms with Gasteiger partial charge in [-0.1, -0.05) is 0 Å². The van der Waals surface area contributed by atoms with Gasteiger partial charge in [0.25, 0.3) is 0 Å². The SMILES string of the molecule is NCCN(CCOC(=O)N[C@@H](CCC(=O)O)C(=O)O)c1ccnc(N)n1. The summed E-state index contributed by atoms with van der Waals surface area (Å²) in [4.78, 5) is 42.8. The van der Waals surface area contributed by atoms with Crippen molar-refractivity contribution >= 4 is 29.8 Å². The van der Waals surface area contributed by atoms with Crippen LogP contribution in [0.4, 0.5) is 16.6 Å². The average Bonchev–Trinajstić information content (AvgIpc) is 2.57. The van der Waals surface area contributed by atoms with Crippen LogP contribution in [0.25, 0.3) is 0 Å². The number of carboxylic acids is 2. The summed E-state index contributed by atoms with van der Waals surface area (Å²) in [6.07, 6.45) is -0.123. The molecule has 0 spiro atoms. The summed E-state index contributed by atoms with van der Waals surface area (Å²) in [6.45, 7) is 0.930. The van der Waals surface area contributed by atoms with Crippen molar-refractivity contribution in [3.8, 4) is 0 Å². The van der Waals surface area contributed by atoms with E-state index in [-0.39, 0.29) is 25.5 Å². The number of amides is 1. The zero-order valence-corrected chi connectivity index (χ0v) is 14.0. The molecule has 0 bridgehead atoms. The molecule has 1 rings (SSSR count). The molecule has 0 aromatic carbocycles. The number of carbonyl (C=O) groups excluding carboxylic acids is 1. The molecule has 12 nitrogen and oxygen atoms in total. The summed E-state index contributed by atoms with van der Waals surface area (Å²) < 4.78 is 4.94. The Morgan fingerprint density at radius 2 is 2.04 bits per heavy atom. The molecule has 0 unspecified atom stereocenters. The van der Waals surface area contributed by atoms with Crippen molar-refractivity contribution in [1.29, 1.82) is 0 Å². The lowest BCUT2D eigenvalue weighted by molar-refractivity contribution is -0.140. The third-order valence-electron chi connectivity index (χ3n) is 3.21. The average molecular weight is 370 g/mol. The maximum absolute atomic E-state index is 11.7. The van der Waals surface area contributed by atoms with Crippen LogP contribution >= 0.6 is 0 Å². The number of carbonyl (C=O) groups is 3. The van der Waals surface area contributed by atoms with E-state index < -0.39 is 30.5 Å². The Balaban J connectivity index is 2.51. The molecule has 0 fully saturated rings. The molecule has 0 saturated carbocycles. The number of alkyl carbamates (subject to hydrolysis) is 1. The van der Waals surface area contributed by atoms with Crippen molar-refractivity contribution in [3.63, 3.8) is 0 Å². The van der Waals surface area contributed by atoms with Gasteiger partial charge in [-0.25, -0.2) is 14.6 Å². The second-order valence-corrected chi connectivity index (χ2v) is 5.15. The number of nitrogen functional groups attached to an aromatic ring is 1. The Morgan fingerprint density at radius 1 is 1.31 bits per heavy atom. The van der Waals surface area contributed by atoms with Gasteiger partial charge in [0, 0.05) is 25.7 Å².